The van der Waals surface area contributed by atoms with Gasteiger partial charge in [0.1, 0.15) is 11.5 Å². The molecule has 2 amide bonds. The third kappa shape index (κ3) is 2.66. The molecule has 0 N–H and O–H groups in total. The van der Waals surface area contributed by atoms with E-state index >= 15 is 0 Å². The maximum absolute atomic E-state index is 13.3. The zero-order chi connectivity index (χ0) is 20.8. The Labute approximate surface area is 173 Å². The minimum atomic E-state index is -0.624. The average molecular weight is 400 g/mol. The molecule has 1 aromatic carbocycles. The van der Waals surface area contributed by atoms with Crippen molar-refractivity contribution in [3.63, 3.8) is 0 Å². The van der Waals surface area contributed by atoms with Gasteiger partial charge in [0.05, 0.1) is 6.04 Å². The Morgan fingerprint density at radius 2 is 1.90 bits per heavy atom. The topological polar surface area (TPSA) is 75.6 Å². The van der Waals surface area contributed by atoms with Gasteiger partial charge in [-0.2, -0.15) is 4.98 Å². The van der Waals surface area contributed by atoms with Crippen molar-refractivity contribution >= 4 is 23.3 Å². The molecule has 30 heavy (non-hydrogen) atoms. The van der Waals surface area contributed by atoms with Crippen LogP contribution in [0.4, 0.5) is 11.5 Å². The molecule has 0 fully saturated rings. The normalized spacial score (nSPS) is 20.1. The molecule has 0 bridgehead atoms. The predicted octanol–water partition coefficient (Wildman–Crippen LogP) is 3.36. The lowest BCUT2D eigenvalue weighted by molar-refractivity contribution is -0.125. The average Bonchev–Trinajstić information content (AvgIpc) is 3.08. The summed E-state index contributed by atoms with van der Waals surface area (Å²) < 4.78 is 5.78. The highest BCUT2D eigenvalue weighted by Crippen LogP contribution is 2.42. The number of aromatic nitrogens is 2. The molecule has 0 spiro atoms. The number of carbonyl (C=O) groups is 2. The van der Waals surface area contributed by atoms with Crippen LogP contribution in [0.1, 0.15) is 41.4 Å². The minimum absolute atomic E-state index is 0.0996. The van der Waals surface area contributed by atoms with Crippen molar-refractivity contribution in [3.8, 4) is 5.88 Å². The van der Waals surface area contributed by atoms with Gasteiger partial charge in [-0.3, -0.25) is 19.5 Å². The Kier molecular flexibility index (Phi) is 4.24. The van der Waals surface area contributed by atoms with E-state index in [4.69, 9.17) is 4.74 Å². The van der Waals surface area contributed by atoms with E-state index < -0.39 is 6.10 Å². The largest absolute Gasteiger partial charge is 0.463 e. The number of benzene rings is 1. The Morgan fingerprint density at radius 1 is 1.07 bits per heavy atom. The van der Waals surface area contributed by atoms with Gasteiger partial charge in [0.2, 0.25) is 5.88 Å². The molecule has 0 radical (unpaired) electrons. The van der Waals surface area contributed by atoms with E-state index in [0.29, 0.717) is 29.5 Å². The summed E-state index contributed by atoms with van der Waals surface area (Å²) in [6.45, 7) is 4.14. The summed E-state index contributed by atoms with van der Waals surface area (Å²) in [4.78, 5) is 38.0. The number of ether oxygens (including phenoxy) is 1. The van der Waals surface area contributed by atoms with E-state index in [9.17, 15) is 9.59 Å². The summed E-state index contributed by atoms with van der Waals surface area (Å²) >= 11 is 0. The highest BCUT2D eigenvalue weighted by atomic mass is 16.5. The summed E-state index contributed by atoms with van der Waals surface area (Å²) in [5, 5.41) is 0. The minimum Gasteiger partial charge on any atom is -0.463 e. The fraction of sp³-hybridized carbons (Fsp3) is 0.217. The summed E-state index contributed by atoms with van der Waals surface area (Å²) in [6.07, 6.45) is 2.85. The Morgan fingerprint density at radius 3 is 2.67 bits per heavy atom. The fourth-order valence-electron chi connectivity index (χ4n) is 4.15. The molecule has 7 nitrogen and oxygen atoms in total. The molecule has 2 aliphatic heterocycles. The lowest BCUT2D eigenvalue weighted by atomic mass is 9.99. The van der Waals surface area contributed by atoms with Gasteiger partial charge in [0, 0.05) is 24.5 Å². The number of pyridine rings is 2. The van der Waals surface area contributed by atoms with Gasteiger partial charge in [-0.1, -0.05) is 24.3 Å². The summed E-state index contributed by atoms with van der Waals surface area (Å²) in [5.41, 5.74) is 3.07. The molecule has 5 rings (SSSR count). The summed E-state index contributed by atoms with van der Waals surface area (Å²) in [5.74, 6) is 0.605. The number of anilines is 2. The molecule has 0 aliphatic carbocycles. The molecular formula is C23H20N4O3. The maximum atomic E-state index is 13.3. The third-order valence-corrected chi connectivity index (χ3v) is 5.54. The number of amides is 2. The maximum Gasteiger partial charge on any atom is 0.267 e. The van der Waals surface area contributed by atoms with Crippen LogP contribution in [0.5, 0.6) is 5.88 Å². The molecule has 2 atom stereocenters. The highest BCUT2D eigenvalue weighted by Gasteiger charge is 2.40. The SMILES string of the molecule is CCN1C(=O)[C@@H](C)Oc2nc(N3C(=O)c4ccccc4C3c3cccnc3)ccc21. The third-order valence-electron chi connectivity index (χ3n) is 5.54. The van der Waals surface area contributed by atoms with Crippen molar-refractivity contribution < 1.29 is 14.3 Å². The predicted molar refractivity (Wildman–Crippen MR) is 112 cm³/mol. The van der Waals surface area contributed by atoms with Gasteiger partial charge >= 0.3 is 0 Å². The van der Waals surface area contributed by atoms with Crippen LogP contribution in [0.15, 0.2) is 60.9 Å². The lowest BCUT2D eigenvalue weighted by Crippen LogP contribution is -2.44. The molecule has 2 aliphatic rings. The van der Waals surface area contributed by atoms with Crippen LogP contribution in [0.3, 0.4) is 0 Å². The second kappa shape index (κ2) is 6.95. The molecule has 1 unspecified atom stereocenters. The van der Waals surface area contributed by atoms with Crippen LogP contribution < -0.4 is 14.5 Å². The second-order valence-corrected chi connectivity index (χ2v) is 7.29. The van der Waals surface area contributed by atoms with Crippen molar-refractivity contribution in [3.05, 3.63) is 77.6 Å². The zero-order valence-electron chi connectivity index (χ0n) is 16.6. The Bertz CT molecular complexity index is 1150. The first-order chi connectivity index (χ1) is 14.6. The first-order valence-corrected chi connectivity index (χ1v) is 9.91. The summed E-state index contributed by atoms with van der Waals surface area (Å²) in [7, 11) is 0. The Balaban J connectivity index is 1.64. The molecule has 0 saturated carbocycles. The van der Waals surface area contributed by atoms with Crippen molar-refractivity contribution in [2.75, 3.05) is 16.3 Å². The fourth-order valence-corrected chi connectivity index (χ4v) is 4.15. The van der Waals surface area contributed by atoms with E-state index in [1.165, 1.54) is 0 Å². The quantitative estimate of drug-likeness (QED) is 0.674. The number of likely N-dealkylation sites (N-methyl/N-ethyl adjacent to an activating group) is 1. The van der Waals surface area contributed by atoms with Gasteiger partial charge in [-0.25, -0.2) is 0 Å². The van der Waals surface area contributed by atoms with Crippen molar-refractivity contribution in [1.29, 1.82) is 0 Å². The monoisotopic (exact) mass is 400 g/mol. The van der Waals surface area contributed by atoms with Crippen molar-refractivity contribution in [2.24, 2.45) is 0 Å². The number of carbonyl (C=O) groups excluding carboxylic acids is 2. The number of fused-ring (bicyclic) bond motifs is 2. The summed E-state index contributed by atoms with van der Waals surface area (Å²) in [6, 6.07) is 14.6. The number of hydrogen-bond donors (Lipinski definition) is 0. The van der Waals surface area contributed by atoms with Gasteiger partial charge in [0.25, 0.3) is 11.8 Å². The van der Waals surface area contributed by atoms with Gasteiger partial charge in [0.15, 0.2) is 6.10 Å². The van der Waals surface area contributed by atoms with E-state index in [1.54, 1.807) is 41.2 Å². The van der Waals surface area contributed by atoms with Gasteiger partial charge in [-0.15, -0.1) is 0 Å². The number of hydrogen-bond acceptors (Lipinski definition) is 5. The van der Waals surface area contributed by atoms with Crippen LogP contribution in [0.25, 0.3) is 0 Å². The first kappa shape index (κ1) is 18.3. The van der Waals surface area contributed by atoms with E-state index in [0.717, 1.165) is 11.1 Å². The second-order valence-electron chi connectivity index (χ2n) is 7.29. The molecular weight excluding hydrogens is 380 g/mol. The molecule has 150 valence electrons. The van der Waals surface area contributed by atoms with Crippen molar-refractivity contribution in [1.82, 2.24) is 9.97 Å². The van der Waals surface area contributed by atoms with E-state index in [2.05, 4.69) is 9.97 Å². The zero-order valence-corrected chi connectivity index (χ0v) is 16.6. The molecule has 4 heterocycles. The lowest BCUT2D eigenvalue weighted by Gasteiger charge is -2.32. The van der Waals surface area contributed by atoms with Crippen LogP contribution >= 0.6 is 0 Å². The van der Waals surface area contributed by atoms with Crippen LogP contribution in [0.2, 0.25) is 0 Å². The van der Waals surface area contributed by atoms with Crippen LogP contribution in [-0.4, -0.2) is 34.4 Å². The number of nitrogens with zero attached hydrogens (tertiary/aromatic N) is 4. The van der Waals surface area contributed by atoms with Gasteiger partial charge < -0.3 is 9.64 Å². The molecule has 3 aromatic rings. The van der Waals surface area contributed by atoms with E-state index in [1.807, 2.05) is 43.3 Å². The number of rotatable bonds is 3. The Hall–Kier alpha value is -3.74. The van der Waals surface area contributed by atoms with Gasteiger partial charge in [-0.05, 0) is 49.2 Å². The van der Waals surface area contributed by atoms with Crippen LogP contribution in [0, 0.1) is 0 Å². The molecule has 2 aromatic heterocycles. The highest BCUT2D eigenvalue weighted by molar-refractivity contribution is 6.11. The van der Waals surface area contributed by atoms with E-state index in [-0.39, 0.29) is 17.9 Å². The molecule has 0 saturated heterocycles. The molecule has 7 heteroatoms. The first-order valence-electron chi connectivity index (χ1n) is 9.91. The smallest absolute Gasteiger partial charge is 0.267 e. The van der Waals surface area contributed by atoms with Crippen molar-refractivity contribution in [2.45, 2.75) is 26.0 Å². The standard InChI is InChI=1S/C23H20N4O3/c1-3-26-18-10-11-19(25-21(18)30-14(2)22(26)28)27-20(15-7-6-12-24-13-15)16-8-4-5-9-17(16)23(27)29/h4-14,20H,3H2,1-2H3/t14-,20?/m1/s1. The van der Waals surface area contributed by atoms with Crippen LogP contribution in [-0.2, 0) is 4.79 Å².